The number of benzene rings is 1. The van der Waals surface area contributed by atoms with Gasteiger partial charge in [-0.05, 0) is 37.6 Å². The molecule has 0 fully saturated rings. The Hall–Kier alpha value is -1.92. The Morgan fingerprint density at radius 1 is 1.24 bits per heavy atom. The van der Waals surface area contributed by atoms with Gasteiger partial charge in [0.2, 0.25) is 0 Å². The van der Waals surface area contributed by atoms with Crippen LogP contribution in [0.15, 0.2) is 41.4 Å². The number of pyridine rings is 1. The molecule has 21 heavy (non-hydrogen) atoms. The Morgan fingerprint density at radius 2 is 1.95 bits per heavy atom. The van der Waals surface area contributed by atoms with Gasteiger partial charge in [-0.3, -0.25) is 9.52 Å². The molecule has 0 radical (unpaired) electrons. The number of halogens is 1. The summed E-state index contributed by atoms with van der Waals surface area (Å²) in [4.78, 5) is 15.1. The quantitative estimate of drug-likeness (QED) is 0.692. The second kappa shape index (κ2) is 5.83. The number of hydrogen-bond donors (Lipinski definition) is 1. The number of carbonyl (C=O) groups excluding carboxylic acids is 1. The van der Waals surface area contributed by atoms with Crippen molar-refractivity contribution in [3.05, 3.63) is 52.8 Å². The molecule has 0 bridgehead atoms. The van der Waals surface area contributed by atoms with E-state index in [0.29, 0.717) is 16.8 Å². The van der Waals surface area contributed by atoms with Gasteiger partial charge in [0.25, 0.3) is 10.0 Å². The zero-order valence-electron chi connectivity index (χ0n) is 11.4. The van der Waals surface area contributed by atoms with Gasteiger partial charge in [-0.15, -0.1) is 0 Å². The lowest BCUT2D eigenvalue weighted by Crippen LogP contribution is -2.14. The highest BCUT2D eigenvalue weighted by Crippen LogP contribution is 2.21. The summed E-state index contributed by atoms with van der Waals surface area (Å²) in [6.07, 6.45) is 1.18. The fourth-order valence-corrected chi connectivity index (χ4v) is 2.85. The van der Waals surface area contributed by atoms with E-state index in [9.17, 15) is 13.2 Å². The first kappa shape index (κ1) is 15.5. The summed E-state index contributed by atoms with van der Waals surface area (Å²) in [5.41, 5.74) is 1.51. The Kier molecular flexibility index (Phi) is 4.29. The van der Waals surface area contributed by atoms with Crippen LogP contribution in [0.4, 0.5) is 5.69 Å². The van der Waals surface area contributed by atoms with Crippen LogP contribution in [0.25, 0.3) is 0 Å². The Morgan fingerprint density at radius 3 is 2.52 bits per heavy atom. The molecule has 1 N–H and O–H groups in total. The van der Waals surface area contributed by atoms with Crippen LogP contribution in [0.1, 0.15) is 22.8 Å². The molecule has 0 aliphatic heterocycles. The summed E-state index contributed by atoms with van der Waals surface area (Å²) in [5, 5.41) is 0.212. The van der Waals surface area contributed by atoms with Crippen LogP contribution in [-0.4, -0.2) is 19.2 Å². The van der Waals surface area contributed by atoms with Crippen LogP contribution in [0.3, 0.4) is 0 Å². The van der Waals surface area contributed by atoms with E-state index < -0.39 is 10.0 Å². The van der Waals surface area contributed by atoms with E-state index >= 15 is 0 Å². The Balaban J connectivity index is 2.38. The lowest BCUT2D eigenvalue weighted by atomic mass is 10.1. The summed E-state index contributed by atoms with van der Waals surface area (Å²) < 4.78 is 27.0. The number of carbonyl (C=O) groups is 1. The maximum absolute atomic E-state index is 12.3. The monoisotopic (exact) mass is 324 g/mol. The van der Waals surface area contributed by atoms with E-state index in [1.54, 1.807) is 19.1 Å². The lowest BCUT2D eigenvalue weighted by Gasteiger charge is -2.11. The summed E-state index contributed by atoms with van der Waals surface area (Å²) >= 11 is 5.64. The minimum atomic E-state index is -3.78. The summed E-state index contributed by atoms with van der Waals surface area (Å²) in [6, 6.07) is 7.61. The second-order valence-corrected chi connectivity index (χ2v) is 6.58. The standard InChI is InChI=1S/C14H13ClN2O3S/c1-9-3-4-11(10(2)18)7-13(9)17-21(19,20)12-5-6-14(15)16-8-12/h3-8,17H,1-2H3. The topological polar surface area (TPSA) is 76.1 Å². The van der Waals surface area contributed by atoms with Gasteiger partial charge < -0.3 is 0 Å². The number of anilines is 1. The molecule has 0 spiro atoms. The predicted molar refractivity (Wildman–Crippen MR) is 81.2 cm³/mol. The van der Waals surface area contributed by atoms with Crippen LogP contribution in [0.5, 0.6) is 0 Å². The first-order chi connectivity index (χ1) is 9.79. The molecular weight excluding hydrogens is 312 g/mol. The van der Waals surface area contributed by atoms with Crippen molar-refractivity contribution in [1.82, 2.24) is 4.98 Å². The van der Waals surface area contributed by atoms with E-state index in [2.05, 4.69) is 9.71 Å². The fourth-order valence-electron chi connectivity index (χ4n) is 1.68. The number of hydrogen-bond acceptors (Lipinski definition) is 4. The number of ketones is 1. The van der Waals surface area contributed by atoms with Crippen LogP contribution in [0.2, 0.25) is 5.15 Å². The molecule has 0 atom stereocenters. The third-order valence-electron chi connectivity index (χ3n) is 2.90. The molecular formula is C14H13ClN2O3S. The van der Waals surface area contributed by atoms with Gasteiger partial charge in [0.05, 0.1) is 5.69 Å². The number of sulfonamides is 1. The number of rotatable bonds is 4. The first-order valence-electron chi connectivity index (χ1n) is 6.05. The number of aryl methyl sites for hydroxylation is 1. The van der Waals surface area contributed by atoms with E-state index in [0.717, 1.165) is 0 Å². The predicted octanol–water partition coefficient (Wildman–Crippen LogP) is 3.05. The molecule has 1 aromatic heterocycles. The largest absolute Gasteiger partial charge is 0.295 e. The smallest absolute Gasteiger partial charge is 0.263 e. The molecule has 7 heteroatoms. The van der Waals surface area contributed by atoms with Crippen molar-refractivity contribution in [3.8, 4) is 0 Å². The van der Waals surface area contributed by atoms with Gasteiger partial charge in [-0.2, -0.15) is 0 Å². The van der Waals surface area contributed by atoms with Crippen molar-refractivity contribution in [1.29, 1.82) is 0 Å². The van der Waals surface area contributed by atoms with Gasteiger partial charge in [0.15, 0.2) is 5.78 Å². The molecule has 2 rings (SSSR count). The summed E-state index contributed by atoms with van der Waals surface area (Å²) in [6.45, 7) is 3.17. The molecule has 0 saturated heterocycles. The first-order valence-corrected chi connectivity index (χ1v) is 7.92. The highest BCUT2D eigenvalue weighted by Gasteiger charge is 2.16. The van der Waals surface area contributed by atoms with Gasteiger partial charge in [0, 0.05) is 11.8 Å². The minimum absolute atomic E-state index is 0.000437. The van der Waals surface area contributed by atoms with Crippen LogP contribution < -0.4 is 4.72 Å². The highest BCUT2D eigenvalue weighted by atomic mass is 35.5. The van der Waals surface area contributed by atoms with Crippen molar-refractivity contribution >= 4 is 33.1 Å². The maximum Gasteiger partial charge on any atom is 0.263 e. The molecule has 0 amide bonds. The van der Waals surface area contributed by atoms with Crippen molar-refractivity contribution in [2.45, 2.75) is 18.7 Å². The van der Waals surface area contributed by atoms with Gasteiger partial charge in [0.1, 0.15) is 10.0 Å². The summed E-state index contributed by atoms with van der Waals surface area (Å²) in [5.74, 6) is -0.136. The molecule has 5 nitrogen and oxygen atoms in total. The van der Waals surface area contributed by atoms with Crippen molar-refractivity contribution < 1.29 is 13.2 Å². The fraction of sp³-hybridized carbons (Fsp3) is 0.143. The van der Waals surface area contributed by atoms with Crippen molar-refractivity contribution in [2.75, 3.05) is 4.72 Å². The number of Topliss-reactive ketones (excluding diaryl/α,β-unsaturated/α-hetero) is 1. The SMILES string of the molecule is CC(=O)c1ccc(C)c(NS(=O)(=O)c2ccc(Cl)nc2)c1. The molecule has 0 aliphatic rings. The number of nitrogens with zero attached hydrogens (tertiary/aromatic N) is 1. The molecule has 0 aliphatic carbocycles. The van der Waals surface area contributed by atoms with Crippen LogP contribution >= 0.6 is 11.6 Å². The van der Waals surface area contributed by atoms with Gasteiger partial charge >= 0.3 is 0 Å². The van der Waals surface area contributed by atoms with E-state index in [1.165, 1.54) is 31.3 Å². The van der Waals surface area contributed by atoms with E-state index in [4.69, 9.17) is 11.6 Å². The van der Waals surface area contributed by atoms with Crippen molar-refractivity contribution in [3.63, 3.8) is 0 Å². The van der Waals surface area contributed by atoms with E-state index in [1.807, 2.05) is 0 Å². The average molecular weight is 325 g/mol. The molecule has 1 aromatic carbocycles. The van der Waals surface area contributed by atoms with Gasteiger partial charge in [-0.25, -0.2) is 13.4 Å². The Labute approximate surface area is 128 Å². The van der Waals surface area contributed by atoms with Crippen LogP contribution in [0, 0.1) is 6.92 Å². The molecule has 1 heterocycles. The zero-order valence-corrected chi connectivity index (χ0v) is 13.0. The molecule has 2 aromatic rings. The van der Waals surface area contributed by atoms with Crippen LogP contribution in [-0.2, 0) is 10.0 Å². The molecule has 110 valence electrons. The van der Waals surface area contributed by atoms with E-state index in [-0.39, 0.29) is 15.8 Å². The maximum atomic E-state index is 12.3. The lowest BCUT2D eigenvalue weighted by molar-refractivity contribution is 0.101. The average Bonchev–Trinajstić information content (AvgIpc) is 2.41. The summed E-state index contributed by atoms with van der Waals surface area (Å²) in [7, 11) is -3.78. The minimum Gasteiger partial charge on any atom is -0.295 e. The zero-order chi connectivity index (χ0) is 15.6. The Bertz CT molecular complexity index is 786. The third kappa shape index (κ3) is 3.59. The van der Waals surface area contributed by atoms with Gasteiger partial charge in [-0.1, -0.05) is 23.7 Å². The molecule has 0 saturated carbocycles. The second-order valence-electron chi connectivity index (χ2n) is 4.51. The number of nitrogens with one attached hydrogen (secondary N) is 1. The third-order valence-corrected chi connectivity index (χ3v) is 4.47. The normalized spacial score (nSPS) is 11.2. The number of aromatic nitrogens is 1. The van der Waals surface area contributed by atoms with Crippen molar-refractivity contribution in [2.24, 2.45) is 0 Å². The highest BCUT2D eigenvalue weighted by molar-refractivity contribution is 7.92. The molecule has 0 unspecified atom stereocenters.